The second-order valence-corrected chi connectivity index (χ2v) is 4.82. The van der Waals surface area contributed by atoms with Crippen molar-refractivity contribution < 1.29 is 19.1 Å². The predicted octanol–water partition coefficient (Wildman–Crippen LogP) is 0.624. The first-order valence-electron chi connectivity index (χ1n) is 6.32. The molecule has 0 aliphatic carbocycles. The van der Waals surface area contributed by atoms with Crippen molar-refractivity contribution in [1.82, 2.24) is 5.32 Å². The molecule has 2 atom stereocenters. The van der Waals surface area contributed by atoms with Gasteiger partial charge < -0.3 is 14.8 Å². The standard InChI is InChI=1S/C14H15NO4/c1-18-14(17)12-10(7-15-13(12)16)8-2-3-11-9(6-8)4-5-19-11/h2-3,6,10,12H,4-5,7H2,1H3,(H,15,16). The van der Waals surface area contributed by atoms with E-state index < -0.39 is 11.9 Å². The van der Waals surface area contributed by atoms with Gasteiger partial charge in [-0.25, -0.2) is 0 Å². The number of carbonyl (C=O) groups excluding carboxylic acids is 2. The van der Waals surface area contributed by atoms with Crippen LogP contribution >= 0.6 is 0 Å². The monoisotopic (exact) mass is 261 g/mol. The molecule has 100 valence electrons. The van der Waals surface area contributed by atoms with E-state index in [9.17, 15) is 9.59 Å². The average molecular weight is 261 g/mol. The number of fused-ring (bicyclic) bond motifs is 1. The summed E-state index contributed by atoms with van der Waals surface area (Å²) in [5.74, 6) is -0.739. The molecule has 1 amide bonds. The average Bonchev–Trinajstić information content (AvgIpc) is 3.03. The molecule has 5 nitrogen and oxygen atoms in total. The number of ether oxygens (including phenoxy) is 2. The van der Waals surface area contributed by atoms with Crippen LogP contribution in [0.3, 0.4) is 0 Å². The smallest absolute Gasteiger partial charge is 0.318 e. The van der Waals surface area contributed by atoms with Gasteiger partial charge in [-0.05, 0) is 17.2 Å². The molecule has 0 aromatic heterocycles. The van der Waals surface area contributed by atoms with Crippen molar-refractivity contribution in [3.63, 3.8) is 0 Å². The number of rotatable bonds is 2. The molecule has 0 saturated carbocycles. The molecule has 1 aromatic carbocycles. The maximum atomic E-state index is 11.8. The highest BCUT2D eigenvalue weighted by Crippen LogP contribution is 2.34. The Labute approximate surface area is 110 Å². The Morgan fingerprint density at radius 1 is 1.47 bits per heavy atom. The fourth-order valence-electron chi connectivity index (χ4n) is 2.77. The zero-order valence-corrected chi connectivity index (χ0v) is 10.6. The van der Waals surface area contributed by atoms with E-state index in [1.807, 2.05) is 18.2 Å². The van der Waals surface area contributed by atoms with Crippen LogP contribution in [-0.4, -0.2) is 32.1 Å². The zero-order valence-electron chi connectivity index (χ0n) is 10.6. The Morgan fingerprint density at radius 3 is 3.11 bits per heavy atom. The van der Waals surface area contributed by atoms with Crippen LogP contribution in [0.15, 0.2) is 18.2 Å². The number of nitrogens with one attached hydrogen (secondary N) is 1. The van der Waals surface area contributed by atoms with Crippen molar-refractivity contribution in [3.05, 3.63) is 29.3 Å². The van der Waals surface area contributed by atoms with Crippen molar-refractivity contribution in [2.24, 2.45) is 5.92 Å². The first-order valence-corrected chi connectivity index (χ1v) is 6.32. The predicted molar refractivity (Wildman–Crippen MR) is 66.9 cm³/mol. The van der Waals surface area contributed by atoms with Gasteiger partial charge in [-0.15, -0.1) is 0 Å². The molecule has 1 N–H and O–H groups in total. The molecular weight excluding hydrogens is 246 g/mol. The van der Waals surface area contributed by atoms with E-state index >= 15 is 0 Å². The Balaban J connectivity index is 1.92. The second-order valence-electron chi connectivity index (χ2n) is 4.82. The Bertz CT molecular complexity index is 540. The molecule has 2 aliphatic rings. The molecule has 3 rings (SSSR count). The van der Waals surface area contributed by atoms with Gasteiger partial charge in [0.15, 0.2) is 0 Å². The number of hydrogen-bond acceptors (Lipinski definition) is 4. The summed E-state index contributed by atoms with van der Waals surface area (Å²) in [5.41, 5.74) is 2.12. The first-order chi connectivity index (χ1) is 9.20. The molecule has 0 radical (unpaired) electrons. The third kappa shape index (κ3) is 1.95. The van der Waals surface area contributed by atoms with Crippen LogP contribution in [0.4, 0.5) is 0 Å². The number of benzene rings is 1. The summed E-state index contributed by atoms with van der Waals surface area (Å²) in [6.45, 7) is 1.17. The van der Waals surface area contributed by atoms with Crippen LogP contribution in [-0.2, 0) is 20.7 Å². The normalized spacial score (nSPS) is 24.6. The Hall–Kier alpha value is -2.04. The summed E-state index contributed by atoms with van der Waals surface area (Å²) in [4.78, 5) is 23.5. The lowest BCUT2D eigenvalue weighted by atomic mass is 9.87. The van der Waals surface area contributed by atoms with Crippen LogP contribution in [0.25, 0.3) is 0 Å². The van der Waals surface area contributed by atoms with Gasteiger partial charge in [-0.1, -0.05) is 12.1 Å². The highest BCUT2D eigenvalue weighted by atomic mass is 16.5. The minimum atomic E-state index is -0.745. The van der Waals surface area contributed by atoms with Crippen LogP contribution in [0.1, 0.15) is 17.0 Å². The van der Waals surface area contributed by atoms with E-state index in [-0.39, 0.29) is 11.8 Å². The number of amides is 1. The Kier molecular flexibility index (Phi) is 2.89. The van der Waals surface area contributed by atoms with Crippen LogP contribution in [0.5, 0.6) is 5.75 Å². The largest absolute Gasteiger partial charge is 0.493 e. The van der Waals surface area contributed by atoms with Crippen molar-refractivity contribution in [2.75, 3.05) is 20.3 Å². The second kappa shape index (κ2) is 4.57. The molecule has 1 saturated heterocycles. The van der Waals surface area contributed by atoms with Gasteiger partial charge in [0, 0.05) is 18.9 Å². The van der Waals surface area contributed by atoms with Crippen molar-refractivity contribution in [3.8, 4) is 5.75 Å². The summed E-state index contributed by atoms with van der Waals surface area (Å²) < 4.78 is 10.2. The lowest BCUT2D eigenvalue weighted by Gasteiger charge is -2.15. The summed E-state index contributed by atoms with van der Waals surface area (Å²) in [6, 6.07) is 5.86. The molecule has 1 aromatic rings. The first kappa shape index (κ1) is 12.0. The van der Waals surface area contributed by atoms with E-state index in [1.54, 1.807) is 0 Å². The zero-order chi connectivity index (χ0) is 13.4. The topological polar surface area (TPSA) is 64.6 Å². The van der Waals surface area contributed by atoms with Gasteiger partial charge in [0.1, 0.15) is 11.7 Å². The fourth-order valence-corrected chi connectivity index (χ4v) is 2.77. The summed E-state index contributed by atoms with van der Waals surface area (Å²) in [7, 11) is 1.31. The molecule has 0 bridgehead atoms. The molecule has 1 fully saturated rings. The molecule has 5 heteroatoms. The van der Waals surface area contributed by atoms with Crippen LogP contribution < -0.4 is 10.1 Å². The quantitative estimate of drug-likeness (QED) is 0.626. The molecule has 19 heavy (non-hydrogen) atoms. The number of esters is 1. The van der Waals surface area contributed by atoms with Crippen LogP contribution in [0, 0.1) is 5.92 Å². The minimum absolute atomic E-state index is 0.161. The third-order valence-electron chi connectivity index (χ3n) is 3.78. The maximum Gasteiger partial charge on any atom is 0.318 e. The van der Waals surface area contributed by atoms with Crippen LogP contribution in [0.2, 0.25) is 0 Å². The van der Waals surface area contributed by atoms with Crippen molar-refractivity contribution >= 4 is 11.9 Å². The third-order valence-corrected chi connectivity index (χ3v) is 3.78. The lowest BCUT2D eigenvalue weighted by molar-refractivity contribution is -0.149. The van der Waals surface area contributed by atoms with Crippen molar-refractivity contribution in [1.29, 1.82) is 0 Å². The molecule has 2 unspecified atom stereocenters. The number of methoxy groups -OCH3 is 1. The summed E-state index contributed by atoms with van der Waals surface area (Å²) >= 11 is 0. The highest BCUT2D eigenvalue weighted by Gasteiger charge is 2.42. The Morgan fingerprint density at radius 2 is 2.32 bits per heavy atom. The van der Waals surface area contributed by atoms with Gasteiger partial charge in [0.05, 0.1) is 13.7 Å². The number of hydrogen-bond donors (Lipinski definition) is 1. The van der Waals surface area contributed by atoms with Gasteiger partial charge in [0.2, 0.25) is 5.91 Å². The number of carbonyl (C=O) groups is 2. The highest BCUT2D eigenvalue weighted by molar-refractivity contribution is 6.00. The molecule has 0 spiro atoms. The van der Waals surface area contributed by atoms with Gasteiger partial charge in [-0.3, -0.25) is 9.59 Å². The van der Waals surface area contributed by atoms with E-state index in [1.165, 1.54) is 7.11 Å². The summed E-state index contributed by atoms with van der Waals surface area (Å²) in [5, 5.41) is 2.73. The molecule has 2 aliphatic heterocycles. The maximum absolute atomic E-state index is 11.8. The van der Waals surface area contributed by atoms with Gasteiger partial charge >= 0.3 is 5.97 Å². The van der Waals surface area contributed by atoms with E-state index in [0.717, 1.165) is 23.3 Å². The fraction of sp³-hybridized carbons (Fsp3) is 0.429. The molecular formula is C14H15NO4. The van der Waals surface area contributed by atoms with Crippen molar-refractivity contribution in [2.45, 2.75) is 12.3 Å². The molecule has 2 heterocycles. The van der Waals surface area contributed by atoms with E-state index in [4.69, 9.17) is 9.47 Å². The lowest BCUT2D eigenvalue weighted by Crippen LogP contribution is -2.28. The van der Waals surface area contributed by atoms with E-state index in [0.29, 0.717) is 13.2 Å². The van der Waals surface area contributed by atoms with Gasteiger partial charge in [0.25, 0.3) is 0 Å². The minimum Gasteiger partial charge on any atom is -0.493 e. The van der Waals surface area contributed by atoms with E-state index in [2.05, 4.69) is 5.32 Å². The summed E-state index contributed by atoms with van der Waals surface area (Å²) in [6.07, 6.45) is 0.875. The van der Waals surface area contributed by atoms with Gasteiger partial charge in [-0.2, -0.15) is 0 Å². The SMILES string of the molecule is COC(=O)C1C(=O)NCC1c1ccc2c(c1)CCO2.